The Bertz CT molecular complexity index is 430. The van der Waals surface area contributed by atoms with Crippen LogP contribution in [0.25, 0.3) is 0 Å². The highest BCUT2D eigenvalue weighted by molar-refractivity contribution is 7.11. The molecule has 0 unspecified atom stereocenters. The van der Waals surface area contributed by atoms with Crippen molar-refractivity contribution >= 4 is 23.2 Å². The second kappa shape index (κ2) is 5.27. The van der Waals surface area contributed by atoms with E-state index in [4.69, 9.17) is 0 Å². The molecule has 17 heavy (non-hydrogen) atoms. The van der Waals surface area contributed by atoms with Gasteiger partial charge in [0.1, 0.15) is 10.9 Å². The van der Waals surface area contributed by atoms with Crippen LogP contribution in [0, 0.1) is 6.92 Å². The van der Waals surface area contributed by atoms with E-state index in [1.54, 1.807) is 12.4 Å². The van der Waals surface area contributed by atoms with Crippen molar-refractivity contribution in [2.24, 2.45) is 0 Å². The largest absolute Gasteiger partial charge is 0.354 e. The monoisotopic (exact) mass is 253 g/mol. The summed E-state index contributed by atoms with van der Waals surface area (Å²) in [5.74, 6) is -0.287. The fourth-order valence-electron chi connectivity index (χ4n) is 1.82. The lowest BCUT2D eigenvalue weighted by Gasteiger charge is -2.14. The SMILES string of the molecule is Cc1ncsc1C(=O)N[C@@H]1CCCCNC1=O. The van der Waals surface area contributed by atoms with Crippen LogP contribution in [0.15, 0.2) is 5.51 Å². The molecule has 2 N–H and O–H groups in total. The van der Waals surface area contributed by atoms with E-state index in [0.29, 0.717) is 23.5 Å². The average molecular weight is 253 g/mol. The molecule has 5 nitrogen and oxygen atoms in total. The molecule has 0 radical (unpaired) electrons. The van der Waals surface area contributed by atoms with Gasteiger partial charge in [-0.15, -0.1) is 11.3 Å². The van der Waals surface area contributed by atoms with E-state index < -0.39 is 6.04 Å². The molecule has 2 rings (SSSR count). The topological polar surface area (TPSA) is 71.1 Å². The molecule has 1 saturated heterocycles. The molecule has 92 valence electrons. The molecular formula is C11H15N3O2S. The number of hydrogen-bond donors (Lipinski definition) is 2. The number of carbonyl (C=O) groups is 2. The average Bonchev–Trinajstić information content (AvgIpc) is 2.63. The van der Waals surface area contributed by atoms with E-state index in [2.05, 4.69) is 15.6 Å². The predicted octanol–water partition coefficient (Wildman–Crippen LogP) is 0.850. The molecule has 1 aromatic heterocycles. The molecule has 1 atom stereocenters. The van der Waals surface area contributed by atoms with Crippen molar-refractivity contribution < 1.29 is 9.59 Å². The lowest BCUT2D eigenvalue weighted by Crippen LogP contribution is -2.45. The number of nitrogens with zero attached hydrogens (tertiary/aromatic N) is 1. The zero-order chi connectivity index (χ0) is 12.3. The van der Waals surface area contributed by atoms with E-state index in [9.17, 15) is 9.59 Å². The molecule has 0 bridgehead atoms. The molecule has 1 fully saturated rings. The highest BCUT2D eigenvalue weighted by Crippen LogP contribution is 2.13. The predicted molar refractivity (Wildman–Crippen MR) is 65.0 cm³/mol. The van der Waals surface area contributed by atoms with Gasteiger partial charge in [0.05, 0.1) is 11.2 Å². The van der Waals surface area contributed by atoms with Crippen molar-refractivity contribution in [1.82, 2.24) is 15.6 Å². The van der Waals surface area contributed by atoms with Crippen LogP contribution in [0.1, 0.15) is 34.6 Å². The fourth-order valence-corrected chi connectivity index (χ4v) is 2.53. The van der Waals surface area contributed by atoms with E-state index >= 15 is 0 Å². The zero-order valence-electron chi connectivity index (χ0n) is 9.66. The summed E-state index contributed by atoms with van der Waals surface area (Å²) >= 11 is 1.30. The summed E-state index contributed by atoms with van der Waals surface area (Å²) in [4.78, 5) is 28.2. The van der Waals surface area contributed by atoms with Gasteiger partial charge in [-0.05, 0) is 26.2 Å². The molecule has 2 heterocycles. The normalized spacial score (nSPS) is 20.5. The molecule has 6 heteroatoms. The number of aryl methyl sites for hydroxylation is 1. The van der Waals surface area contributed by atoms with Gasteiger partial charge >= 0.3 is 0 Å². The van der Waals surface area contributed by atoms with Crippen molar-refractivity contribution in [1.29, 1.82) is 0 Å². The van der Waals surface area contributed by atoms with Gasteiger partial charge in [-0.3, -0.25) is 9.59 Å². The maximum absolute atomic E-state index is 11.9. The van der Waals surface area contributed by atoms with Crippen molar-refractivity contribution in [3.05, 3.63) is 16.1 Å². The number of thiazole rings is 1. The van der Waals surface area contributed by atoms with Gasteiger partial charge in [0.15, 0.2) is 0 Å². The Balaban J connectivity index is 2.02. The van der Waals surface area contributed by atoms with Crippen molar-refractivity contribution in [2.45, 2.75) is 32.2 Å². The number of carbonyl (C=O) groups excluding carboxylic acids is 2. The molecule has 1 aromatic rings. The number of hydrogen-bond acceptors (Lipinski definition) is 4. The fraction of sp³-hybridized carbons (Fsp3) is 0.545. The lowest BCUT2D eigenvalue weighted by atomic mass is 10.1. The molecule has 0 aliphatic carbocycles. The van der Waals surface area contributed by atoms with Crippen LogP contribution >= 0.6 is 11.3 Å². The standard InChI is InChI=1S/C11H15N3O2S/c1-7-9(17-6-13-7)11(16)14-8-4-2-3-5-12-10(8)15/h6,8H,2-5H2,1H3,(H,12,15)(H,14,16)/t8-/m1/s1. The third kappa shape index (κ3) is 2.82. The Morgan fingerprint density at radius 2 is 2.41 bits per heavy atom. The molecule has 1 aliphatic heterocycles. The Kier molecular flexibility index (Phi) is 3.73. The first-order valence-electron chi connectivity index (χ1n) is 5.67. The summed E-state index contributed by atoms with van der Waals surface area (Å²) in [6.07, 6.45) is 2.62. The quantitative estimate of drug-likeness (QED) is 0.821. The molecule has 0 saturated carbocycles. The first kappa shape index (κ1) is 12.0. The van der Waals surface area contributed by atoms with Gasteiger partial charge < -0.3 is 10.6 Å². The van der Waals surface area contributed by atoms with Gasteiger partial charge in [-0.2, -0.15) is 0 Å². The van der Waals surface area contributed by atoms with E-state index in [-0.39, 0.29) is 11.8 Å². The van der Waals surface area contributed by atoms with Crippen molar-refractivity contribution in [3.63, 3.8) is 0 Å². The molecule has 0 spiro atoms. The summed E-state index contributed by atoms with van der Waals surface area (Å²) in [5, 5.41) is 5.57. The van der Waals surface area contributed by atoms with Crippen LogP contribution in [0.4, 0.5) is 0 Å². The number of nitrogens with one attached hydrogen (secondary N) is 2. The van der Waals surface area contributed by atoms with Crippen molar-refractivity contribution in [3.8, 4) is 0 Å². The minimum atomic E-state index is -0.411. The van der Waals surface area contributed by atoms with Crippen LogP contribution < -0.4 is 10.6 Å². The first-order valence-corrected chi connectivity index (χ1v) is 6.55. The highest BCUT2D eigenvalue weighted by atomic mass is 32.1. The van der Waals surface area contributed by atoms with Crippen LogP contribution in [-0.2, 0) is 4.79 Å². The van der Waals surface area contributed by atoms with E-state index in [1.165, 1.54) is 11.3 Å². The third-order valence-corrected chi connectivity index (χ3v) is 3.72. The van der Waals surface area contributed by atoms with Gasteiger partial charge in [0, 0.05) is 6.54 Å². The summed E-state index contributed by atoms with van der Waals surface area (Å²) in [6, 6.07) is -0.411. The number of aromatic nitrogens is 1. The Morgan fingerprint density at radius 1 is 1.59 bits per heavy atom. The lowest BCUT2D eigenvalue weighted by molar-refractivity contribution is -0.122. The van der Waals surface area contributed by atoms with Gasteiger partial charge in [-0.25, -0.2) is 4.98 Å². The number of amides is 2. The maximum Gasteiger partial charge on any atom is 0.263 e. The highest BCUT2D eigenvalue weighted by Gasteiger charge is 2.24. The first-order chi connectivity index (χ1) is 8.18. The van der Waals surface area contributed by atoms with E-state index in [1.807, 2.05) is 0 Å². The molecule has 1 aliphatic rings. The van der Waals surface area contributed by atoms with Crippen LogP contribution in [0.2, 0.25) is 0 Å². The van der Waals surface area contributed by atoms with Crippen LogP contribution in [0.5, 0.6) is 0 Å². The van der Waals surface area contributed by atoms with Gasteiger partial charge in [0.25, 0.3) is 5.91 Å². The second-order valence-electron chi connectivity index (χ2n) is 4.08. The zero-order valence-corrected chi connectivity index (χ0v) is 10.5. The summed E-state index contributed by atoms with van der Waals surface area (Å²) in [6.45, 7) is 2.49. The summed E-state index contributed by atoms with van der Waals surface area (Å²) < 4.78 is 0. The molecular weight excluding hydrogens is 238 g/mol. The number of rotatable bonds is 2. The van der Waals surface area contributed by atoms with Gasteiger partial charge in [-0.1, -0.05) is 0 Å². The Labute approximate surface area is 104 Å². The van der Waals surface area contributed by atoms with Gasteiger partial charge in [0.2, 0.25) is 5.91 Å². The van der Waals surface area contributed by atoms with E-state index in [0.717, 1.165) is 12.8 Å². The second-order valence-corrected chi connectivity index (χ2v) is 4.93. The summed E-state index contributed by atoms with van der Waals surface area (Å²) in [5.41, 5.74) is 2.35. The van der Waals surface area contributed by atoms with Crippen LogP contribution in [0.3, 0.4) is 0 Å². The Morgan fingerprint density at radius 3 is 3.12 bits per heavy atom. The minimum Gasteiger partial charge on any atom is -0.354 e. The molecule has 2 amide bonds. The molecule has 0 aromatic carbocycles. The maximum atomic E-state index is 11.9. The van der Waals surface area contributed by atoms with Crippen LogP contribution in [-0.4, -0.2) is 29.4 Å². The summed E-state index contributed by atoms with van der Waals surface area (Å²) in [7, 11) is 0. The smallest absolute Gasteiger partial charge is 0.263 e. The van der Waals surface area contributed by atoms with Crippen molar-refractivity contribution in [2.75, 3.05) is 6.54 Å². The Hall–Kier alpha value is -1.43. The third-order valence-electron chi connectivity index (χ3n) is 2.79. The minimum absolute atomic E-state index is 0.0852.